The van der Waals surface area contributed by atoms with Gasteiger partial charge in [0.15, 0.2) is 0 Å². The maximum Gasteiger partial charge on any atom is 0.255 e. The number of halogens is 1. The van der Waals surface area contributed by atoms with Crippen molar-refractivity contribution in [3.8, 4) is 0 Å². The number of rotatable bonds is 9. The molecule has 2 unspecified atom stereocenters. The van der Waals surface area contributed by atoms with Crippen LogP contribution in [-0.4, -0.2) is 18.5 Å². The molecule has 2 N–H and O–H groups in total. The van der Waals surface area contributed by atoms with Crippen molar-refractivity contribution in [3.05, 3.63) is 65.2 Å². The maximum absolute atomic E-state index is 12.7. The van der Waals surface area contributed by atoms with E-state index in [2.05, 4.69) is 35.8 Å². The van der Waals surface area contributed by atoms with Crippen molar-refractivity contribution < 1.29 is 4.79 Å². The van der Waals surface area contributed by atoms with E-state index in [0.717, 1.165) is 42.0 Å². The highest BCUT2D eigenvalue weighted by Crippen LogP contribution is 2.41. The minimum Gasteiger partial charge on any atom is -0.322 e. The van der Waals surface area contributed by atoms with Crippen molar-refractivity contribution in [2.75, 3.05) is 11.9 Å². The fourth-order valence-electron chi connectivity index (χ4n) is 3.77. The van der Waals surface area contributed by atoms with Crippen molar-refractivity contribution in [2.24, 2.45) is 5.92 Å². The number of aryl methyl sites for hydroxylation is 1. The average Bonchev–Trinajstić information content (AvgIpc) is 3.60. The summed E-state index contributed by atoms with van der Waals surface area (Å²) in [6.07, 6.45) is 7.24. The number of benzene rings is 2. The van der Waals surface area contributed by atoms with E-state index in [1.54, 1.807) is 0 Å². The molecule has 0 spiro atoms. The van der Waals surface area contributed by atoms with Gasteiger partial charge in [-0.15, -0.1) is 12.4 Å². The molecule has 2 saturated carbocycles. The predicted molar refractivity (Wildman–Crippen MR) is 119 cm³/mol. The fourth-order valence-corrected chi connectivity index (χ4v) is 3.77. The van der Waals surface area contributed by atoms with E-state index >= 15 is 0 Å². The Balaban J connectivity index is 0.00000225. The van der Waals surface area contributed by atoms with Crippen LogP contribution in [0.25, 0.3) is 0 Å². The Labute approximate surface area is 174 Å². The van der Waals surface area contributed by atoms with Crippen LogP contribution in [0.4, 0.5) is 5.69 Å². The Kier molecular flexibility index (Phi) is 7.14. The van der Waals surface area contributed by atoms with Gasteiger partial charge in [0.1, 0.15) is 0 Å². The first-order valence-corrected chi connectivity index (χ1v) is 10.5. The third kappa shape index (κ3) is 5.36. The van der Waals surface area contributed by atoms with Gasteiger partial charge >= 0.3 is 0 Å². The number of carbonyl (C=O) groups is 1. The molecule has 2 aliphatic rings. The SMILES string of the molecule is CCCCc1ccccc1C(=O)Nc1ccc(C2CC2NCC2CC2)cc1.Cl. The molecule has 2 atom stereocenters. The van der Waals surface area contributed by atoms with Gasteiger partial charge in [-0.3, -0.25) is 4.79 Å². The molecule has 0 heterocycles. The first kappa shape index (κ1) is 20.9. The standard InChI is InChI=1S/C24H30N2O.ClH/c1-2-3-6-18-7-4-5-8-21(18)24(27)26-20-13-11-19(12-14-20)22-15-23(22)25-16-17-9-10-17;/h4-5,7-8,11-14,17,22-23,25H,2-3,6,9-10,15-16H2,1H3,(H,26,27);1H. The Morgan fingerprint density at radius 2 is 1.82 bits per heavy atom. The highest BCUT2D eigenvalue weighted by molar-refractivity contribution is 6.05. The van der Waals surface area contributed by atoms with Gasteiger partial charge in [0.25, 0.3) is 5.91 Å². The molecule has 0 aliphatic heterocycles. The minimum absolute atomic E-state index is 0. The van der Waals surface area contributed by atoms with Crippen LogP contribution in [0.1, 0.15) is 66.4 Å². The van der Waals surface area contributed by atoms with Crippen molar-refractivity contribution in [2.45, 2.75) is 57.4 Å². The van der Waals surface area contributed by atoms with Crippen LogP contribution < -0.4 is 10.6 Å². The second kappa shape index (κ2) is 9.58. The van der Waals surface area contributed by atoms with Gasteiger partial charge < -0.3 is 10.6 Å². The Hall–Kier alpha value is -1.84. The Morgan fingerprint density at radius 1 is 1.07 bits per heavy atom. The zero-order valence-electron chi connectivity index (χ0n) is 16.6. The van der Waals surface area contributed by atoms with Gasteiger partial charge in [-0.05, 0) is 73.9 Å². The second-order valence-electron chi connectivity index (χ2n) is 8.14. The molecule has 0 radical (unpaired) electrons. The molecule has 4 rings (SSSR count). The van der Waals surface area contributed by atoms with Crippen LogP contribution in [0, 0.1) is 5.92 Å². The molecule has 2 aliphatic carbocycles. The number of carbonyl (C=O) groups excluding carboxylic acids is 1. The number of nitrogens with one attached hydrogen (secondary N) is 2. The summed E-state index contributed by atoms with van der Waals surface area (Å²) in [5.74, 6) is 1.57. The van der Waals surface area contributed by atoms with Crippen LogP contribution in [0.5, 0.6) is 0 Å². The summed E-state index contributed by atoms with van der Waals surface area (Å²) in [4.78, 5) is 12.7. The molecule has 2 aromatic rings. The summed E-state index contributed by atoms with van der Waals surface area (Å²) in [6.45, 7) is 3.36. The van der Waals surface area contributed by atoms with E-state index in [9.17, 15) is 4.79 Å². The van der Waals surface area contributed by atoms with Gasteiger partial charge in [-0.2, -0.15) is 0 Å². The molecule has 150 valence electrons. The van der Waals surface area contributed by atoms with E-state index < -0.39 is 0 Å². The van der Waals surface area contributed by atoms with Crippen LogP contribution in [0.15, 0.2) is 48.5 Å². The third-order valence-electron chi connectivity index (χ3n) is 5.81. The number of anilines is 1. The molecular weight excluding hydrogens is 368 g/mol. The number of hydrogen-bond donors (Lipinski definition) is 2. The van der Waals surface area contributed by atoms with Gasteiger partial charge in [-0.25, -0.2) is 0 Å². The van der Waals surface area contributed by atoms with E-state index in [-0.39, 0.29) is 18.3 Å². The lowest BCUT2D eigenvalue weighted by Gasteiger charge is -2.11. The molecule has 0 aromatic heterocycles. The first-order valence-electron chi connectivity index (χ1n) is 10.5. The highest BCUT2D eigenvalue weighted by Gasteiger charge is 2.38. The molecule has 2 fully saturated rings. The van der Waals surface area contributed by atoms with E-state index in [0.29, 0.717) is 12.0 Å². The van der Waals surface area contributed by atoms with Crippen molar-refractivity contribution in [1.29, 1.82) is 0 Å². The van der Waals surface area contributed by atoms with Gasteiger partial charge in [0.2, 0.25) is 0 Å². The van der Waals surface area contributed by atoms with E-state index in [1.165, 1.54) is 31.4 Å². The van der Waals surface area contributed by atoms with Crippen LogP contribution in [-0.2, 0) is 6.42 Å². The lowest BCUT2D eigenvalue weighted by atomic mass is 10.0. The topological polar surface area (TPSA) is 41.1 Å². The monoisotopic (exact) mass is 398 g/mol. The zero-order chi connectivity index (χ0) is 18.6. The zero-order valence-corrected chi connectivity index (χ0v) is 17.4. The van der Waals surface area contributed by atoms with Gasteiger partial charge in [0.05, 0.1) is 0 Å². The number of hydrogen-bond acceptors (Lipinski definition) is 2. The molecule has 3 nitrogen and oxygen atoms in total. The normalized spacial score (nSPS) is 20.3. The second-order valence-corrected chi connectivity index (χ2v) is 8.14. The molecule has 1 amide bonds. The third-order valence-corrected chi connectivity index (χ3v) is 5.81. The van der Waals surface area contributed by atoms with E-state index in [4.69, 9.17) is 0 Å². The van der Waals surface area contributed by atoms with Gasteiger partial charge in [0, 0.05) is 23.2 Å². The summed E-state index contributed by atoms with van der Waals surface area (Å²) in [7, 11) is 0. The van der Waals surface area contributed by atoms with Gasteiger partial charge in [-0.1, -0.05) is 43.7 Å². The number of amides is 1. The lowest BCUT2D eigenvalue weighted by molar-refractivity contribution is 0.102. The van der Waals surface area contributed by atoms with Crippen LogP contribution >= 0.6 is 12.4 Å². The summed E-state index contributed by atoms with van der Waals surface area (Å²) in [5.41, 5.74) is 4.18. The first-order chi connectivity index (χ1) is 13.2. The van der Waals surface area contributed by atoms with Crippen molar-refractivity contribution >= 4 is 24.0 Å². The summed E-state index contributed by atoms with van der Waals surface area (Å²) in [5, 5.41) is 6.76. The van der Waals surface area contributed by atoms with Crippen molar-refractivity contribution in [1.82, 2.24) is 5.32 Å². The molecule has 0 bridgehead atoms. The van der Waals surface area contributed by atoms with Crippen molar-refractivity contribution in [3.63, 3.8) is 0 Å². The molecule has 0 saturated heterocycles. The lowest BCUT2D eigenvalue weighted by Crippen LogP contribution is -2.20. The largest absolute Gasteiger partial charge is 0.322 e. The van der Waals surface area contributed by atoms with Crippen LogP contribution in [0.2, 0.25) is 0 Å². The smallest absolute Gasteiger partial charge is 0.255 e. The Bertz CT molecular complexity index is 785. The molecule has 2 aromatic carbocycles. The molecule has 4 heteroatoms. The molecule has 28 heavy (non-hydrogen) atoms. The minimum atomic E-state index is -0.00940. The number of unbranched alkanes of at least 4 members (excludes halogenated alkanes) is 1. The molecular formula is C24H31ClN2O. The highest BCUT2D eigenvalue weighted by atomic mass is 35.5. The average molecular weight is 399 g/mol. The maximum atomic E-state index is 12.7. The quantitative estimate of drug-likeness (QED) is 0.580. The summed E-state index contributed by atoms with van der Waals surface area (Å²) >= 11 is 0. The van der Waals surface area contributed by atoms with Crippen LogP contribution in [0.3, 0.4) is 0 Å². The summed E-state index contributed by atoms with van der Waals surface area (Å²) in [6, 6.07) is 17.0. The van der Waals surface area contributed by atoms with E-state index in [1.807, 2.05) is 30.3 Å². The fraction of sp³-hybridized carbons (Fsp3) is 0.458. The Morgan fingerprint density at radius 3 is 2.54 bits per heavy atom. The summed E-state index contributed by atoms with van der Waals surface area (Å²) < 4.78 is 0. The predicted octanol–water partition coefficient (Wildman–Crippen LogP) is 5.56.